The predicted molar refractivity (Wildman–Crippen MR) is 75.6 cm³/mol. The topological polar surface area (TPSA) is 23.8 Å². The second-order valence-corrected chi connectivity index (χ2v) is 5.47. The molecule has 1 aliphatic carbocycles. The van der Waals surface area contributed by atoms with Crippen LogP contribution in [0.3, 0.4) is 0 Å². The van der Waals surface area contributed by atoms with Crippen LogP contribution in [0.1, 0.15) is 74.5 Å². The van der Waals surface area contributed by atoms with Gasteiger partial charge in [-0.15, -0.1) is 0 Å². The van der Waals surface area contributed by atoms with Crippen LogP contribution >= 0.6 is 0 Å². The maximum absolute atomic E-state index is 9.27. The van der Waals surface area contributed by atoms with E-state index >= 15 is 0 Å². The highest BCUT2D eigenvalue weighted by Gasteiger charge is 2.18. The van der Waals surface area contributed by atoms with Gasteiger partial charge in [0, 0.05) is 0 Å². The first-order chi connectivity index (χ1) is 8.85. The third-order valence-corrected chi connectivity index (χ3v) is 4.10. The molecule has 1 aromatic carbocycles. The lowest BCUT2D eigenvalue weighted by Gasteiger charge is -2.23. The summed E-state index contributed by atoms with van der Waals surface area (Å²) in [6.07, 6.45) is 10.2. The van der Waals surface area contributed by atoms with Gasteiger partial charge in [-0.05, 0) is 48.8 Å². The number of hydrogen-bond acceptors (Lipinski definition) is 1. The predicted octanol–water partition coefficient (Wildman–Crippen LogP) is 4.95. The molecule has 1 aliphatic rings. The minimum Gasteiger partial charge on any atom is -0.192 e. The van der Waals surface area contributed by atoms with Crippen molar-refractivity contribution in [2.75, 3.05) is 0 Å². The number of unbranched alkanes of at least 4 members (excludes halogenated alkanes) is 1. The Balaban J connectivity index is 2.21. The Morgan fingerprint density at radius 3 is 2.67 bits per heavy atom. The van der Waals surface area contributed by atoms with Crippen LogP contribution < -0.4 is 0 Å². The van der Waals surface area contributed by atoms with Gasteiger partial charge in [-0.3, -0.25) is 0 Å². The zero-order valence-corrected chi connectivity index (χ0v) is 11.4. The van der Waals surface area contributed by atoms with Crippen LogP contribution in [0.2, 0.25) is 0 Å². The van der Waals surface area contributed by atoms with E-state index in [4.69, 9.17) is 0 Å². The van der Waals surface area contributed by atoms with E-state index in [9.17, 15) is 5.26 Å². The van der Waals surface area contributed by atoms with Crippen LogP contribution in [0.15, 0.2) is 18.2 Å². The zero-order valence-electron chi connectivity index (χ0n) is 11.4. The van der Waals surface area contributed by atoms with Gasteiger partial charge in [0.25, 0.3) is 0 Å². The highest BCUT2D eigenvalue weighted by Crippen LogP contribution is 2.34. The lowest BCUT2D eigenvalue weighted by Crippen LogP contribution is -2.07. The fourth-order valence-corrected chi connectivity index (χ4v) is 3.00. The van der Waals surface area contributed by atoms with Crippen molar-refractivity contribution in [3.63, 3.8) is 0 Å². The Labute approximate surface area is 111 Å². The van der Waals surface area contributed by atoms with E-state index in [2.05, 4.69) is 25.1 Å². The van der Waals surface area contributed by atoms with Gasteiger partial charge in [0.2, 0.25) is 0 Å². The second kappa shape index (κ2) is 6.59. The van der Waals surface area contributed by atoms with Crippen molar-refractivity contribution in [2.45, 2.75) is 64.2 Å². The van der Waals surface area contributed by atoms with Crippen LogP contribution in [0, 0.1) is 11.3 Å². The molecular formula is C17H23N. The Kier molecular flexibility index (Phi) is 4.81. The van der Waals surface area contributed by atoms with Crippen molar-refractivity contribution in [2.24, 2.45) is 0 Å². The molecule has 1 fully saturated rings. The lowest BCUT2D eigenvalue weighted by atomic mass is 9.81. The molecule has 0 radical (unpaired) electrons. The summed E-state index contributed by atoms with van der Waals surface area (Å²) in [5.41, 5.74) is 3.64. The van der Waals surface area contributed by atoms with Gasteiger partial charge < -0.3 is 0 Å². The summed E-state index contributed by atoms with van der Waals surface area (Å²) in [5, 5.41) is 9.27. The molecule has 0 heterocycles. The summed E-state index contributed by atoms with van der Waals surface area (Å²) in [5.74, 6) is 0.634. The summed E-state index contributed by atoms with van der Waals surface area (Å²) in [4.78, 5) is 0. The first-order valence-electron chi connectivity index (χ1n) is 7.38. The van der Waals surface area contributed by atoms with Gasteiger partial charge in [-0.1, -0.05) is 44.7 Å². The molecule has 0 bridgehead atoms. The fraction of sp³-hybridized carbons (Fsp3) is 0.588. The Morgan fingerprint density at radius 2 is 2.00 bits per heavy atom. The SMILES string of the molecule is CCCCc1ccc(C#N)c(C2CCCCC2)c1. The van der Waals surface area contributed by atoms with Crippen molar-refractivity contribution in [3.05, 3.63) is 34.9 Å². The molecule has 0 spiro atoms. The smallest absolute Gasteiger partial charge is 0.0994 e. The molecule has 2 rings (SSSR count). The zero-order chi connectivity index (χ0) is 12.8. The number of hydrogen-bond donors (Lipinski definition) is 0. The number of nitrogens with zero attached hydrogens (tertiary/aromatic N) is 1. The minimum absolute atomic E-state index is 0.634. The molecule has 1 saturated carbocycles. The Bertz CT molecular complexity index is 422. The molecule has 18 heavy (non-hydrogen) atoms. The third kappa shape index (κ3) is 3.13. The first kappa shape index (κ1) is 13.1. The van der Waals surface area contributed by atoms with Gasteiger partial charge in [0.15, 0.2) is 0 Å². The number of aryl methyl sites for hydroxylation is 1. The molecule has 1 aromatic rings. The monoisotopic (exact) mass is 241 g/mol. The summed E-state index contributed by atoms with van der Waals surface area (Å²) < 4.78 is 0. The van der Waals surface area contributed by atoms with Crippen molar-refractivity contribution in [1.29, 1.82) is 5.26 Å². The molecule has 0 N–H and O–H groups in total. The standard InChI is InChI=1S/C17H23N/c1-2-3-7-14-10-11-16(13-18)17(12-14)15-8-5-4-6-9-15/h10-12,15H,2-9H2,1H3. The average Bonchev–Trinajstić information content (AvgIpc) is 2.45. The minimum atomic E-state index is 0.634. The highest BCUT2D eigenvalue weighted by atomic mass is 14.3. The summed E-state index contributed by atoms with van der Waals surface area (Å²) in [6, 6.07) is 8.86. The Hall–Kier alpha value is -1.29. The summed E-state index contributed by atoms with van der Waals surface area (Å²) in [6.45, 7) is 2.23. The molecule has 1 heteroatoms. The van der Waals surface area contributed by atoms with Crippen LogP contribution in [0.25, 0.3) is 0 Å². The number of benzene rings is 1. The quantitative estimate of drug-likeness (QED) is 0.731. The third-order valence-electron chi connectivity index (χ3n) is 4.10. The Morgan fingerprint density at radius 1 is 1.22 bits per heavy atom. The van der Waals surface area contributed by atoms with E-state index in [0.29, 0.717) is 5.92 Å². The molecule has 96 valence electrons. The van der Waals surface area contributed by atoms with Crippen molar-refractivity contribution < 1.29 is 0 Å². The molecule has 0 aliphatic heterocycles. The normalized spacial score (nSPS) is 16.4. The maximum atomic E-state index is 9.27. The molecular weight excluding hydrogens is 218 g/mol. The van der Waals surface area contributed by atoms with Gasteiger partial charge in [-0.2, -0.15) is 5.26 Å². The molecule has 0 atom stereocenters. The van der Waals surface area contributed by atoms with Crippen LogP contribution in [-0.4, -0.2) is 0 Å². The second-order valence-electron chi connectivity index (χ2n) is 5.47. The van der Waals surface area contributed by atoms with E-state index in [1.165, 1.54) is 56.1 Å². The lowest BCUT2D eigenvalue weighted by molar-refractivity contribution is 0.443. The van der Waals surface area contributed by atoms with Crippen LogP contribution in [0.4, 0.5) is 0 Å². The molecule has 0 aromatic heterocycles. The average molecular weight is 241 g/mol. The molecule has 1 nitrogen and oxygen atoms in total. The largest absolute Gasteiger partial charge is 0.192 e. The van der Waals surface area contributed by atoms with Gasteiger partial charge >= 0.3 is 0 Å². The molecule has 0 amide bonds. The first-order valence-corrected chi connectivity index (χ1v) is 7.38. The van der Waals surface area contributed by atoms with Crippen LogP contribution in [-0.2, 0) is 6.42 Å². The highest BCUT2D eigenvalue weighted by molar-refractivity contribution is 5.42. The van der Waals surface area contributed by atoms with Gasteiger partial charge in [0.1, 0.15) is 0 Å². The van der Waals surface area contributed by atoms with E-state index in [1.54, 1.807) is 0 Å². The molecule has 0 unspecified atom stereocenters. The van der Waals surface area contributed by atoms with Crippen molar-refractivity contribution >= 4 is 0 Å². The van der Waals surface area contributed by atoms with Gasteiger partial charge in [0.05, 0.1) is 11.6 Å². The van der Waals surface area contributed by atoms with Crippen molar-refractivity contribution in [3.8, 4) is 6.07 Å². The molecule has 0 saturated heterocycles. The van der Waals surface area contributed by atoms with E-state index in [-0.39, 0.29) is 0 Å². The van der Waals surface area contributed by atoms with E-state index in [0.717, 1.165) is 12.0 Å². The summed E-state index contributed by atoms with van der Waals surface area (Å²) >= 11 is 0. The van der Waals surface area contributed by atoms with Crippen LogP contribution in [0.5, 0.6) is 0 Å². The number of rotatable bonds is 4. The number of nitriles is 1. The van der Waals surface area contributed by atoms with Gasteiger partial charge in [-0.25, -0.2) is 0 Å². The maximum Gasteiger partial charge on any atom is 0.0994 e. The van der Waals surface area contributed by atoms with E-state index < -0.39 is 0 Å². The van der Waals surface area contributed by atoms with E-state index in [1.807, 2.05) is 6.07 Å². The fourth-order valence-electron chi connectivity index (χ4n) is 3.00. The van der Waals surface area contributed by atoms with Crippen molar-refractivity contribution in [1.82, 2.24) is 0 Å². The summed E-state index contributed by atoms with van der Waals surface area (Å²) in [7, 11) is 0.